The highest BCUT2D eigenvalue weighted by atomic mass is 35.5. The highest BCUT2D eigenvalue weighted by Gasteiger charge is 2.04. The lowest BCUT2D eigenvalue weighted by Crippen LogP contribution is -2.30. The summed E-state index contributed by atoms with van der Waals surface area (Å²) in [5.41, 5.74) is 0.341. The minimum atomic E-state index is -0.578. The van der Waals surface area contributed by atoms with E-state index in [4.69, 9.17) is 20.8 Å². The number of anilines is 1. The molecule has 118 valence electrons. The first-order chi connectivity index (χ1) is 10.6. The molecule has 0 aliphatic heterocycles. The van der Waals surface area contributed by atoms with E-state index in [1.165, 1.54) is 12.1 Å². The van der Waals surface area contributed by atoms with Crippen molar-refractivity contribution < 1.29 is 18.3 Å². The molecule has 2 rings (SSSR count). The Labute approximate surface area is 132 Å². The summed E-state index contributed by atoms with van der Waals surface area (Å²) in [6.07, 6.45) is 2.24. The van der Waals surface area contributed by atoms with Crippen LogP contribution in [0.15, 0.2) is 41.0 Å². The van der Waals surface area contributed by atoms with Gasteiger partial charge in [-0.3, -0.25) is 0 Å². The molecule has 0 unspecified atom stereocenters. The molecule has 0 radical (unpaired) electrons. The summed E-state index contributed by atoms with van der Waals surface area (Å²) in [6, 6.07) is 7.29. The van der Waals surface area contributed by atoms with Crippen LogP contribution in [0.4, 0.5) is 14.9 Å². The van der Waals surface area contributed by atoms with Gasteiger partial charge in [0.05, 0.1) is 11.3 Å². The highest BCUT2D eigenvalue weighted by Crippen LogP contribution is 2.18. The Morgan fingerprint density at radius 3 is 2.95 bits per heavy atom. The fourth-order valence-electron chi connectivity index (χ4n) is 1.69. The largest absolute Gasteiger partial charge is 0.467 e. The lowest BCUT2D eigenvalue weighted by atomic mass is 10.3. The molecule has 1 heterocycles. The van der Waals surface area contributed by atoms with Crippen molar-refractivity contribution in [2.24, 2.45) is 0 Å². The molecule has 0 bridgehead atoms. The maximum atomic E-state index is 13.2. The van der Waals surface area contributed by atoms with Crippen LogP contribution in [0.5, 0.6) is 0 Å². The molecule has 2 amide bonds. The van der Waals surface area contributed by atoms with Crippen LogP contribution in [0.2, 0.25) is 5.02 Å². The highest BCUT2D eigenvalue weighted by molar-refractivity contribution is 6.30. The van der Waals surface area contributed by atoms with Crippen molar-refractivity contribution in [1.82, 2.24) is 5.32 Å². The predicted octanol–water partition coefficient (Wildman–Crippen LogP) is 3.80. The van der Waals surface area contributed by atoms with Crippen molar-refractivity contribution in [3.8, 4) is 0 Å². The van der Waals surface area contributed by atoms with Gasteiger partial charge in [-0.25, -0.2) is 9.18 Å². The smallest absolute Gasteiger partial charge is 0.319 e. The number of benzene rings is 1. The van der Waals surface area contributed by atoms with Crippen molar-refractivity contribution >= 4 is 23.3 Å². The maximum Gasteiger partial charge on any atom is 0.319 e. The minimum Gasteiger partial charge on any atom is -0.467 e. The molecule has 7 heteroatoms. The van der Waals surface area contributed by atoms with E-state index in [1.807, 2.05) is 6.07 Å². The molecule has 0 fully saturated rings. The molecule has 1 aromatic heterocycles. The van der Waals surface area contributed by atoms with E-state index in [0.29, 0.717) is 31.9 Å². The Morgan fingerprint density at radius 1 is 1.36 bits per heavy atom. The van der Waals surface area contributed by atoms with Gasteiger partial charge in [0.2, 0.25) is 0 Å². The second-order valence-corrected chi connectivity index (χ2v) is 4.90. The Hall–Kier alpha value is -2.05. The third-order valence-corrected chi connectivity index (χ3v) is 3.06. The first-order valence-corrected chi connectivity index (χ1v) is 7.13. The molecular formula is C15H16ClFN2O3. The lowest BCUT2D eigenvalue weighted by Gasteiger charge is -2.08. The molecule has 2 N–H and O–H groups in total. The van der Waals surface area contributed by atoms with Crippen LogP contribution in [0.1, 0.15) is 12.2 Å². The monoisotopic (exact) mass is 326 g/mol. The molecule has 1 aromatic carbocycles. The van der Waals surface area contributed by atoms with Crippen molar-refractivity contribution in [1.29, 1.82) is 0 Å². The lowest BCUT2D eigenvalue weighted by molar-refractivity contribution is 0.104. The van der Waals surface area contributed by atoms with Crippen molar-refractivity contribution in [3.05, 3.63) is 53.2 Å². The fourth-order valence-corrected chi connectivity index (χ4v) is 1.81. The molecule has 22 heavy (non-hydrogen) atoms. The minimum absolute atomic E-state index is 0.0136. The number of halogens is 2. The zero-order valence-corrected chi connectivity index (χ0v) is 12.5. The average Bonchev–Trinajstić information content (AvgIpc) is 3.00. The number of hydrogen-bond donors (Lipinski definition) is 2. The number of carbonyl (C=O) groups excluding carboxylic acids is 1. The first kappa shape index (κ1) is 16.3. The molecule has 0 aliphatic carbocycles. The van der Waals surface area contributed by atoms with E-state index in [0.717, 1.165) is 11.8 Å². The van der Waals surface area contributed by atoms with Gasteiger partial charge < -0.3 is 19.8 Å². The van der Waals surface area contributed by atoms with Crippen LogP contribution in [0.3, 0.4) is 0 Å². The number of rotatable bonds is 7. The van der Waals surface area contributed by atoms with Crippen molar-refractivity contribution in [3.63, 3.8) is 0 Å². The summed E-state index contributed by atoms with van der Waals surface area (Å²) >= 11 is 5.56. The zero-order chi connectivity index (χ0) is 15.8. The summed E-state index contributed by atoms with van der Waals surface area (Å²) < 4.78 is 23.7. The number of urea groups is 1. The Bertz CT molecular complexity index is 605. The standard InChI is InChI=1S/C15H16ClFN2O3/c16-13-5-4-11(9-14(13)17)19-15(20)18-6-2-7-21-10-12-3-1-8-22-12/h1,3-5,8-9H,2,6-7,10H2,(H2,18,19,20). The van der Waals surface area contributed by atoms with Gasteiger partial charge in [-0.1, -0.05) is 11.6 Å². The number of nitrogens with one attached hydrogen (secondary N) is 2. The first-order valence-electron chi connectivity index (χ1n) is 6.75. The summed E-state index contributed by atoms with van der Waals surface area (Å²) in [6.45, 7) is 1.35. The van der Waals surface area contributed by atoms with Crippen LogP contribution >= 0.6 is 11.6 Å². The average molecular weight is 327 g/mol. The van der Waals surface area contributed by atoms with Crippen LogP contribution in [-0.2, 0) is 11.3 Å². The van der Waals surface area contributed by atoms with Gasteiger partial charge >= 0.3 is 6.03 Å². The second-order valence-electron chi connectivity index (χ2n) is 4.50. The molecular weight excluding hydrogens is 311 g/mol. The molecule has 5 nitrogen and oxygen atoms in total. The van der Waals surface area contributed by atoms with Crippen LogP contribution in [-0.4, -0.2) is 19.2 Å². The molecule has 0 saturated carbocycles. The Morgan fingerprint density at radius 2 is 2.23 bits per heavy atom. The van der Waals surface area contributed by atoms with Gasteiger partial charge in [0, 0.05) is 18.8 Å². The normalized spacial score (nSPS) is 10.5. The Kier molecular flexibility index (Phi) is 6.24. The van der Waals surface area contributed by atoms with Gasteiger partial charge in [0.15, 0.2) is 0 Å². The van der Waals surface area contributed by atoms with Crippen molar-refractivity contribution in [2.75, 3.05) is 18.5 Å². The van der Waals surface area contributed by atoms with E-state index in [2.05, 4.69) is 10.6 Å². The quantitative estimate of drug-likeness (QED) is 0.761. The van der Waals surface area contributed by atoms with Crippen molar-refractivity contribution in [2.45, 2.75) is 13.0 Å². The summed E-state index contributed by atoms with van der Waals surface area (Å²) in [7, 11) is 0. The van der Waals surface area contributed by atoms with E-state index >= 15 is 0 Å². The van der Waals surface area contributed by atoms with E-state index in [1.54, 1.807) is 12.3 Å². The topological polar surface area (TPSA) is 63.5 Å². The van der Waals surface area contributed by atoms with E-state index in [-0.39, 0.29) is 5.02 Å². The Balaban J connectivity index is 1.58. The molecule has 0 spiro atoms. The third-order valence-electron chi connectivity index (χ3n) is 2.75. The maximum absolute atomic E-state index is 13.2. The van der Waals surface area contributed by atoms with E-state index in [9.17, 15) is 9.18 Å². The van der Waals surface area contributed by atoms with E-state index < -0.39 is 11.8 Å². The zero-order valence-electron chi connectivity index (χ0n) is 11.8. The van der Waals surface area contributed by atoms with Gasteiger partial charge in [0.1, 0.15) is 18.2 Å². The fraction of sp³-hybridized carbons (Fsp3) is 0.267. The molecule has 0 atom stereocenters. The summed E-state index contributed by atoms with van der Waals surface area (Å²) in [5.74, 6) is 0.182. The summed E-state index contributed by atoms with van der Waals surface area (Å²) in [4.78, 5) is 11.6. The van der Waals surface area contributed by atoms with Crippen LogP contribution in [0, 0.1) is 5.82 Å². The number of amides is 2. The van der Waals surface area contributed by atoms with Crippen LogP contribution in [0.25, 0.3) is 0 Å². The van der Waals surface area contributed by atoms with Crippen LogP contribution < -0.4 is 10.6 Å². The number of hydrogen-bond acceptors (Lipinski definition) is 3. The molecule has 2 aromatic rings. The van der Waals surface area contributed by atoms with Gasteiger partial charge in [0.25, 0.3) is 0 Å². The van der Waals surface area contributed by atoms with Gasteiger partial charge in [-0.05, 0) is 36.8 Å². The molecule has 0 saturated heterocycles. The molecule has 0 aliphatic rings. The number of ether oxygens (including phenoxy) is 1. The SMILES string of the molecule is O=C(NCCCOCc1ccco1)Nc1ccc(Cl)c(F)c1. The number of carbonyl (C=O) groups is 1. The second kappa shape index (κ2) is 8.41. The van der Waals surface area contributed by atoms with Gasteiger partial charge in [-0.15, -0.1) is 0 Å². The third kappa shape index (κ3) is 5.38. The predicted molar refractivity (Wildman–Crippen MR) is 81.4 cm³/mol. The number of furan rings is 1. The summed E-state index contributed by atoms with van der Waals surface area (Å²) in [5, 5.41) is 5.18. The van der Waals surface area contributed by atoms with Gasteiger partial charge in [-0.2, -0.15) is 0 Å².